The van der Waals surface area contributed by atoms with E-state index in [1.807, 2.05) is 13.0 Å². The molecule has 0 aromatic heterocycles. The highest BCUT2D eigenvalue weighted by atomic mass is 16.5. The predicted molar refractivity (Wildman–Crippen MR) is 106 cm³/mol. The van der Waals surface area contributed by atoms with Crippen molar-refractivity contribution < 1.29 is 28.7 Å². The number of methoxy groups -OCH3 is 1. The maximum Gasteiger partial charge on any atom is 0.326 e. The van der Waals surface area contributed by atoms with E-state index in [4.69, 9.17) is 9.47 Å². The van der Waals surface area contributed by atoms with Crippen LogP contribution in [-0.4, -0.2) is 54.5 Å². The highest BCUT2D eigenvalue weighted by molar-refractivity contribution is 6.09. The van der Waals surface area contributed by atoms with Crippen molar-refractivity contribution in [2.75, 3.05) is 20.3 Å². The number of benzene rings is 1. The molecular formula is C21H27N3O6. The van der Waals surface area contributed by atoms with E-state index in [2.05, 4.69) is 10.6 Å². The number of hydrogen-bond donors (Lipinski definition) is 2. The Labute approximate surface area is 175 Å². The van der Waals surface area contributed by atoms with Gasteiger partial charge in [-0.1, -0.05) is 31.9 Å². The summed E-state index contributed by atoms with van der Waals surface area (Å²) in [5, 5.41) is 5.41. The molecule has 1 heterocycles. The molecule has 0 radical (unpaired) electrons. The first kappa shape index (κ1) is 21.6. The second-order valence-electron chi connectivity index (χ2n) is 7.73. The number of ether oxygens (including phenoxy) is 2. The second kappa shape index (κ2) is 9.15. The van der Waals surface area contributed by atoms with Crippen LogP contribution in [-0.2, 0) is 25.7 Å². The maximum atomic E-state index is 12.8. The van der Waals surface area contributed by atoms with Gasteiger partial charge >= 0.3 is 12.0 Å². The van der Waals surface area contributed by atoms with Gasteiger partial charge in [-0.2, -0.15) is 0 Å². The van der Waals surface area contributed by atoms with Crippen LogP contribution in [0, 0.1) is 5.92 Å². The first-order chi connectivity index (χ1) is 14.4. The Balaban J connectivity index is 1.46. The summed E-state index contributed by atoms with van der Waals surface area (Å²) in [6, 6.07) is 6.62. The molecule has 1 aliphatic carbocycles. The van der Waals surface area contributed by atoms with E-state index in [1.165, 1.54) is 0 Å². The Hall–Kier alpha value is -3.10. The summed E-state index contributed by atoms with van der Waals surface area (Å²) in [4.78, 5) is 50.1. The van der Waals surface area contributed by atoms with E-state index in [1.54, 1.807) is 25.3 Å². The lowest BCUT2D eigenvalue weighted by atomic mass is 9.73. The summed E-state index contributed by atoms with van der Waals surface area (Å²) < 4.78 is 10.1. The number of hydrogen-bond acceptors (Lipinski definition) is 6. The third-order valence-corrected chi connectivity index (χ3v) is 5.78. The molecule has 162 valence electrons. The summed E-state index contributed by atoms with van der Waals surface area (Å²) in [7, 11) is 1.55. The van der Waals surface area contributed by atoms with E-state index < -0.39 is 36.6 Å². The van der Waals surface area contributed by atoms with Crippen LogP contribution in [0.1, 0.15) is 38.2 Å². The first-order valence-electron chi connectivity index (χ1n) is 10.0. The summed E-state index contributed by atoms with van der Waals surface area (Å²) in [6.45, 7) is 1.18. The molecule has 1 aromatic rings. The zero-order valence-corrected chi connectivity index (χ0v) is 17.2. The van der Waals surface area contributed by atoms with Gasteiger partial charge in [0, 0.05) is 6.54 Å². The quantitative estimate of drug-likeness (QED) is 0.511. The number of nitrogens with one attached hydrogen (secondary N) is 2. The van der Waals surface area contributed by atoms with Crippen molar-refractivity contribution in [1.82, 2.24) is 15.5 Å². The first-order valence-corrected chi connectivity index (χ1v) is 10.0. The third-order valence-electron chi connectivity index (χ3n) is 5.78. The van der Waals surface area contributed by atoms with E-state index in [9.17, 15) is 19.2 Å². The van der Waals surface area contributed by atoms with Gasteiger partial charge in [0.05, 0.1) is 7.11 Å². The molecule has 1 aromatic carbocycles. The van der Waals surface area contributed by atoms with Crippen LogP contribution in [0.25, 0.3) is 0 Å². The Kier molecular flexibility index (Phi) is 6.59. The van der Waals surface area contributed by atoms with Crippen LogP contribution in [0.3, 0.4) is 0 Å². The van der Waals surface area contributed by atoms with Crippen LogP contribution in [0.15, 0.2) is 24.3 Å². The zero-order chi connectivity index (χ0) is 21.7. The zero-order valence-electron chi connectivity index (χ0n) is 17.2. The van der Waals surface area contributed by atoms with Crippen molar-refractivity contribution in [3.8, 4) is 5.75 Å². The lowest BCUT2D eigenvalue weighted by molar-refractivity contribution is -0.151. The highest BCUT2D eigenvalue weighted by Gasteiger charge is 2.55. The van der Waals surface area contributed by atoms with Crippen LogP contribution in [0.5, 0.6) is 5.75 Å². The average molecular weight is 417 g/mol. The molecule has 0 bridgehead atoms. The van der Waals surface area contributed by atoms with Crippen molar-refractivity contribution in [3.05, 3.63) is 29.8 Å². The Morgan fingerprint density at radius 1 is 1.30 bits per heavy atom. The van der Waals surface area contributed by atoms with Gasteiger partial charge in [0.25, 0.3) is 11.8 Å². The highest BCUT2D eigenvalue weighted by Crippen LogP contribution is 2.38. The van der Waals surface area contributed by atoms with E-state index in [-0.39, 0.29) is 18.4 Å². The molecule has 4 amide bonds. The lowest BCUT2D eigenvalue weighted by Crippen LogP contribution is -2.54. The van der Waals surface area contributed by atoms with Gasteiger partial charge in [-0.25, -0.2) is 4.79 Å². The number of amides is 4. The molecule has 9 nitrogen and oxygen atoms in total. The number of carbonyl (C=O) groups is 4. The normalized spacial score (nSPS) is 23.3. The molecule has 1 spiro atoms. The number of esters is 1. The SMILES string of the molecule is COc1cccc(CNC(=O)COC(=O)CN2C(=O)N[C@]3(CCCC[C@@H]3C)C2=O)c1. The molecule has 1 saturated carbocycles. The molecule has 1 saturated heterocycles. The molecule has 2 N–H and O–H groups in total. The smallest absolute Gasteiger partial charge is 0.326 e. The van der Waals surface area contributed by atoms with Crippen molar-refractivity contribution in [2.24, 2.45) is 5.92 Å². The van der Waals surface area contributed by atoms with Gasteiger partial charge in [-0.15, -0.1) is 0 Å². The number of imide groups is 1. The second-order valence-corrected chi connectivity index (χ2v) is 7.73. The van der Waals surface area contributed by atoms with Gasteiger partial charge < -0.3 is 20.1 Å². The Bertz CT molecular complexity index is 842. The molecule has 1 aliphatic heterocycles. The molecule has 9 heteroatoms. The molecule has 2 aliphatic rings. The topological polar surface area (TPSA) is 114 Å². The minimum atomic E-state index is -0.927. The molecule has 3 rings (SSSR count). The number of rotatable bonds is 7. The van der Waals surface area contributed by atoms with Gasteiger partial charge in [-0.05, 0) is 36.5 Å². The minimum Gasteiger partial charge on any atom is -0.497 e. The summed E-state index contributed by atoms with van der Waals surface area (Å²) in [5.41, 5.74) is -0.0933. The van der Waals surface area contributed by atoms with Gasteiger partial charge in [-0.3, -0.25) is 19.3 Å². The fourth-order valence-electron chi connectivity index (χ4n) is 3.99. The molecule has 30 heavy (non-hydrogen) atoms. The van der Waals surface area contributed by atoms with E-state index in [0.29, 0.717) is 12.2 Å². The van der Waals surface area contributed by atoms with Crippen LogP contribution >= 0.6 is 0 Å². The summed E-state index contributed by atoms with van der Waals surface area (Å²) in [5.74, 6) is -1.01. The summed E-state index contributed by atoms with van der Waals surface area (Å²) in [6.07, 6.45) is 3.27. The monoisotopic (exact) mass is 417 g/mol. The molecule has 0 unspecified atom stereocenters. The van der Waals surface area contributed by atoms with Crippen LogP contribution in [0.4, 0.5) is 4.79 Å². The van der Waals surface area contributed by atoms with Gasteiger partial charge in [0.2, 0.25) is 0 Å². The largest absolute Gasteiger partial charge is 0.497 e. The van der Waals surface area contributed by atoms with Crippen molar-refractivity contribution in [1.29, 1.82) is 0 Å². The lowest BCUT2D eigenvalue weighted by Gasteiger charge is -2.36. The molecule has 2 fully saturated rings. The molecule has 2 atom stereocenters. The van der Waals surface area contributed by atoms with Gasteiger partial charge in [0.1, 0.15) is 17.8 Å². The molecular weight excluding hydrogens is 390 g/mol. The number of urea groups is 1. The minimum absolute atomic E-state index is 0.00566. The third kappa shape index (κ3) is 4.55. The van der Waals surface area contributed by atoms with E-state index >= 15 is 0 Å². The predicted octanol–water partition coefficient (Wildman–Crippen LogP) is 1.36. The fraction of sp³-hybridized carbons (Fsp3) is 0.524. The average Bonchev–Trinajstić information content (AvgIpc) is 2.98. The standard InChI is InChI=1S/C21H27N3O6/c1-14-6-3-4-9-21(14)19(27)24(20(28)23-21)12-18(26)30-13-17(25)22-11-15-7-5-8-16(10-15)29-2/h5,7-8,10,14H,3-4,6,9,11-13H2,1-2H3,(H,22,25)(H,23,28)/t14-,21-/m0/s1. The Morgan fingerprint density at radius 2 is 2.10 bits per heavy atom. The fourth-order valence-corrected chi connectivity index (χ4v) is 3.99. The van der Waals surface area contributed by atoms with Crippen molar-refractivity contribution in [3.63, 3.8) is 0 Å². The maximum absolute atomic E-state index is 12.8. The van der Waals surface area contributed by atoms with Gasteiger partial charge in [0.15, 0.2) is 6.61 Å². The van der Waals surface area contributed by atoms with Crippen molar-refractivity contribution in [2.45, 2.75) is 44.7 Å². The Morgan fingerprint density at radius 3 is 2.83 bits per heavy atom. The van der Waals surface area contributed by atoms with Crippen LogP contribution < -0.4 is 15.4 Å². The van der Waals surface area contributed by atoms with Crippen LogP contribution in [0.2, 0.25) is 0 Å². The van der Waals surface area contributed by atoms with E-state index in [0.717, 1.165) is 29.7 Å². The van der Waals surface area contributed by atoms with Crippen molar-refractivity contribution >= 4 is 23.8 Å². The summed E-state index contributed by atoms with van der Waals surface area (Å²) >= 11 is 0. The number of carbonyl (C=O) groups excluding carboxylic acids is 4. The number of nitrogens with zero attached hydrogens (tertiary/aromatic N) is 1.